The Bertz CT molecular complexity index is 603. The molecule has 0 aromatic carbocycles. The fourth-order valence-electron chi connectivity index (χ4n) is 2.09. The molecule has 3 heterocycles. The number of hydrogen-bond donors (Lipinski definition) is 1. The number of aromatic nitrogens is 2. The summed E-state index contributed by atoms with van der Waals surface area (Å²) in [4.78, 5) is 9.83. The molecule has 0 spiro atoms. The highest BCUT2D eigenvalue weighted by Gasteiger charge is 2.16. The zero-order valence-corrected chi connectivity index (χ0v) is 10.4. The van der Waals surface area contributed by atoms with Crippen LogP contribution in [0, 0.1) is 6.92 Å². The zero-order chi connectivity index (χ0) is 11.8. The van der Waals surface area contributed by atoms with Crippen LogP contribution in [0.1, 0.15) is 17.0 Å². The third-order valence-corrected chi connectivity index (χ3v) is 3.73. The Hall–Kier alpha value is -1.46. The lowest BCUT2D eigenvalue weighted by molar-refractivity contribution is 0.161. The summed E-state index contributed by atoms with van der Waals surface area (Å²) < 4.78 is 5.33. The summed E-state index contributed by atoms with van der Waals surface area (Å²) in [5.41, 5.74) is 9.96. The van der Waals surface area contributed by atoms with Crippen LogP contribution >= 0.6 is 11.3 Å². The fraction of sp³-hybridized carbons (Fsp3) is 0.333. The smallest absolute Gasteiger partial charge is 0.144 e. The van der Waals surface area contributed by atoms with Crippen molar-refractivity contribution in [3.63, 3.8) is 0 Å². The van der Waals surface area contributed by atoms with Crippen molar-refractivity contribution >= 4 is 32.9 Å². The summed E-state index contributed by atoms with van der Waals surface area (Å²) in [6, 6.07) is 0. The Kier molecular flexibility index (Phi) is 2.57. The maximum Gasteiger partial charge on any atom is 0.144 e. The van der Waals surface area contributed by atoms with Gasteiger partial charge >= 0.3 is 0 Å². The predicted octanol–water partition coefficient (Wildman–Crippen LogP) is 2.39. The molecule has 1 aliphatic heterocycles. The van der Waals surface area contributed by atoms with Gasteiger partial charge in [0.1, 0.15) is 10.3 Å². The molecule has 88 valence electrons. The van der Waals surface area contributed by atoms with E-state index in [-0.39, 0.29) is 0 Å². The minimum Gasteiger partial charge on any atom is -0.397 e. The molecule has 0 radical (unpaired) electrons. The number of nitrogens with two attached hydrogens (primary N) is 1. The van der Waals surface area contributed by atoms with Crippen molar-refractivity contribution in [2.45, 2.75) is 13.3 Å². The summed E-state index contributed by atoms with van der Waals surface area (Å²) >= 11 is 1.60. The summed E-state index contributed by atoms with van der Waals surface area (Å²) in [7, 11) is 0. The van der Waals surface area contributed by atoms with E-state index in [0.29, 0.717) is 12.3 Å². The number of anilines is 1. The van der Waals surface area contributed by atoms with Crippen LogP contribution in [0.15, 0.2) is 12.3 Å². The van der Waals surface area contributed by atoms with Gasteiger partial charge in [0.25, 0.3) is 0 Å². The molecule has 3 rings (SSSR count). The predicted molar refractivity (Wildman–Crippen MR) is 70.0 cm³/mol. The first-order valence-electron chi connectivity index (χ1n) is 5.54. The summed E-state index contributed by atoms with van der Waals surface area (Å²) in [6.45, 7) is 3.39. The molecule has 0 atom stereocenters. The minimum atomic E-state index is 0.654. The molecular weight excluding hydrogens is 234 g/mol. The molecule has 0 saturated heterocycles. The van der Waals surface area contributed by atoms with E-state index in [0.717, 1.165) is 33.9 Å². The number of nitrogen functional groups attached to an aromatic ring is 1. The van der Waals surface area contributed by atoms with Crippen LogP contribution in [0.4, 0.5) is 5.69 Å². The second-order valence-electron chi connectivity index (χ2n) is 4.03. The number of fused-ring (bicyclic) bond motifs is 1. The van der Waals surface area contributed by atoms with Crippen LogP contribution in [-0.4, -0.2) is 23.2 Å². The van der Waals surface area contributed by atoms with Gasteiger partial charge in [-0.25, -0.2) is 9.97 Å². The highest BCUT2D eigenvalue weighted by Crippen LogP contribution is 2.33. The first kappa shape index (κ1) is 10.7. The minimum absolute atomic E-state index is 0.654. The van der Waals surface area contributed by atoms with E-state index < -0.39 is 0 Å². The quantitative estimate of drug-likeness (QED) is 0.840. The van der Waals surface area contributed by atoms with Gasteiger partial charge in [-0.2, -0.15) is 0 Å². The van der Waals surface area contributed by atoms with Gasteiger partial charge < -0.3 is 10.5 Å². The highest BCUT2D eigenvalue weighted by atomic mass is 32.1. The van der Waals surface area contributed by atoms with Crippen LogP contribution in [0.2, 0.25) is 0 Å². The van der Waals surface area contributed by atoms with Crippen LogP contribution in [0.3, 0.4) is 0 Å². The molecule has 17 heavy (non-hydrogen) atoms. The molecule has 0 amide bonds. The van der Waals surface area contributed by atoms with Gasteiger partial charge in [-0.15, -0.1) is 0 Å². The van der Waals surface area contributed by atoms with Gasteiger partial charge in [0.05, 0.1) is 30.1 Å². The van der Waals surface area contributed by atoms with Crippen molar-refractivity contribution in [1.82, 2.24) is 9.97 Å². The summed E-state index contributed by atoms with van der Waals surface area (Å²) in [6.07, 6.45) is 4.70. The third kappa shape index (κ3) is 1.81. The maximum absolute atomic E-state index is 6.05. The van der Waals surface area contributed by atoms with E-state index in [2.05, 4.69) is 16.0 Å². The van der Waals surface area contributed by atoms with Crippen molar-refractivity contribution in [1.29, 1.82) is 0 Å². The number of nitrogens with zero attached hydrogens (tertiary/aromatic N) is 2. The van der Waals surface area contributed by atoms with E-state index in [9.17, 15) is 0 Å². The average Bonchev–Trinajstić information content (AvgIpc) is 2.70. The molecule has 0 fully saturated rings. The van der Waals surface area contributed by atoms with Crippen molar-refractivity contribution in [3.8, 4) is 0 Å². The Labute approximate surface area is 103 Å². The molecule has 2 N–H and O–H groups in total. The normalized spacial score (nSPS) is 16.2. The number of pyridine rings is 1. The second-order valence-corrected chi connectivity index (χ2v) is 5.21. The van der Waals surface area contributed by atoms with Crippen LogP contribution in [-0.2, 0) is 4.74 Å². The van der Waals surface area contributed by atoms with Gasteiger partial charge in [-0.1, -0.05) is 17.4 Å². The van der Waals surface area contributed by atoms with Crippen molar-refractivity contribution in [2.75, 3.05) is 18.9 Å². The SMILES string of the molecule is Cc1nc2c(C3=CCOCC3)c(N)cnc2s1. The summed E-state index contributed by atoms with van der Waals surface area (Å²) in [5, 5.41) is 1.02. The molecule has 2 aromatic rings. The average molecular weight is 247 g/mol. The van der Waals surface area contributed by atoms with Gasteiger partial charge in [-0.3, -0.25) is 0 Å². The molecule has 0 bridgehead atoms. The molecule has 0 unspecified atom stereocenters. The number of rotatable bonds is 1. The van der Waals surface area contributed by atoms with E-state index >= 15 is 0 Å². The second kappa shape index (κ2) is 4.09. The first-order valence-corrected chi connectivity index (χ1v) is 6.36. The van der Waals surface area contributed by atoms with Gasteiger partial charge in [-0.05, 0) is 18.9 Å². The maximum atomic E-state index is 6.05. The Balaban J connectivity index is 2.25. The van der Waals surface area contributed by atoms with Gasteiger partial charge in [0.2, 0.25) is 0 Å². The van der Waals surface area contributed by atoms with Crippen molar-refractivity contribution < 1.29 is 4.74 Å². The van der Waals surface area contributed by atoms with E-state index in [1.807, 2.05) is 6.92 Å². The molecule has 0 saturated carbocycles. The van der Waals surface area contributed by atoms with Crippen molar-refractivity contribution in [2.24, 2.45) is 0 Å². The van der Waals surface area contributed by atoms with E-state index in [1.165, 1.54) is 5.57 Å². The Morgan fingerprint density at radius 1 is 1.47 bits per heavy atom. The van der Waals surface area contributed by atoms with Crippen LogP contribution < -0.4 is 5.73 Å². The van der Waals surface area contributed by atoms with E-state index in [1.54, 1.807) is 17.5 Å². The number of hydrogen-bond acceptors (Lipinski definition) is 5. The Morgan fingerprint density at radius 2 is 2.35 bits per heavy atom. The topological polar surface area (TPSA) is 61.0 Å². The molecule has 5 heteroatoms. The van der Waals surface area contributed by atoms with Gasteiger partial charge in [0, 0.05) is 5.56 Å². The van der Waals surface area contributed by atoms with Crippen molar-refractivity contribution in [3.05, 3.63) is 22.8 Å². The molecule has 0 aliphatic carbocycles. The number of aryl methyl sites for hydroxylation is 1. The lowest BCUT2D eigenvalue weighted by Crippen LogP contribution is -2.06. The number of thiazole rings is 1. The van der Waals surface area contributed by atoms with Crippen LogP contribution in [0.5, 0.6) is 0 Å². The molecule has 1 aliphatic rings. The third-order valence-electron chi connectivity index (χ3n) is 2.85. The lowest BCUT2D eigenvalue weighted by Gasteiger charge is -2.15. The molecule has 4 nitrogen and oxygen atoms in total. The standard InChI is InChI=1S/C12H13N3OS/c1-7-15-11-10(8-2-4-16-5-3-8)9(13)6-14-12(11)17-7/h2,6H,3-5,13H2,1H3. The van der Waals surface area contributed by atoms with E-state index in [4.69, 9.17) is 10.5 Å². The van der Waals surface area contributed by atoms with Crippen LogP contribution in [0.25, 0.3) is 15.9 Å². The lowest BCUT2D eigenvalue weighted by atomic mass is 10.0. The zero-order valence-electron chi connectivity index (χ0n) is 9.56. The monoisotopic (exact) mass is 247 g/mol. The first-order chi connectivity index (χ1) is 8.25. The highest BCUT2D eigenvalue weighted by molar-refractivity contribution is 7.18. The van der Waals surface area contributed by atoms with Gasteiger partial charge in [0.15, 0.2) is 0 Å². The number of ether oxygens (including phenoxy) is 1. The summed E-state index contributed by atoms with van der Waals surface area (Å²) in [5.74, 6) is 0. The Morgan fingerprint density at radius 3 is 3.12 bits per heavy atom. The fourth-order valence-corrected chi connectivity index (χ4v) is 2.85. The molecule has 2 aromatic heterocycles. The largest absolute Gasteiger partial charge is 0.397 e. The molecular formula is C12H13N3OS.